The summed E-state index contributed by atoms with van der Waals surface area (Å²) in [7, 11) is 0. The average Bonchev–Trinajstić information content (AvgIpc) is 2.83. The molecule has 0 saturated heterocycles. The summed E-state index contributed by atoms with van der Waals surface area (Å²) in [5.41, 5.74) is 0. The Bertz CT molecular complexity index is 531. The Balaban J connectivity index is 0. The van der Waals surface area contributed by atoms with Crippen LogP contribution in [0.3, 0.4) is 0 Å². The van der Waals surface area contributed by atoms with E-state index in [4.69, 9.17) is 30.6 Å². The topological polar surface area (TPSA) is 295 Å². The fourth-order valence-electron chi connectivity index (χ4n) is 1.91. The van der Waals surface area contributed by atoms with Gasteiger partial charge in [0.05, 0.1) is 26.4 Å². The summed E-state index contributed by atoms with van der Waals surface area (Å²) in [5, 5.41) is 108. The van der Waals surface area contributed by atoms with Gasteiger partial charge in [-0.1, -0.05) is 0 Å². The Labute approximate surface area is 188 Å². The molecule has 0 saturated carbocycles. The zero-order valence-electron chi connectivity index (χ0n) is 17.7. The van der Waals surface area contributed by atoms with Crippen molar-refractivity contribution in [2.75, 3.05) is 33.0 Å². The fourth-order valence-corrected chi connectivity index (χ4v) is 1.91. The molecule has 33 heavy (non-hydrogen) atoms. The standard InChI is InChI=1S/C15H28O14.C2H6O2/c1-5(29-15(27)13(25)11(23)9(21)7(19)3-17)4-28-14(26)12(24)10(22)8(20)6(18)2-16;3-1-2-4/h5-13,16-25H,2-4H2,1H3;3-4H,1-2H2/t5?,6-,7-,8-,9-,10+,11+,12-,13-;/m1./s1. The van der Waals surface area contributed by atoms with Crippen molar-refractivity contribution >= 4 is 11.9 Å². The average molecular weight is 494 g/mol. The van der Waals surface area contributed by atoms with Gasteiger partial charge in [0.25, 0.3) is 0 Å². The molecule has 198 valence electrons. The molecule has 1 unspecified atom stereocenters. The second kappa shape index (κ2) is 17.9. The Kier molecular flexibility index (Phi) is 18.2. The first-order valence-electron chi connectivity index (χ1n) is 9.55. The number of rotatable bonds is 14. The summed E-state index contributed by atoms with van der Waals surface area (Å²) in [5.74, 6) is -2.93. The fraction of sp³-hybridized carbons (Fsp3) is 0.882. The van der Waals surface area contributed by atoms with Crippen LogP contribution in [-0.4, -0.2) is 161 Å². The van der Waals surface area contributed by atoms with Crippen LogP contribution in [0.1, 0.15) is 6.92 Å². The number of aliphatic hydroxyl groups excluding tert-OH is 12. The molecular weight excluding hydrogens is 460 g/mol. The van der Waals surface area contributed by atoms with Crippen molar-refractivity contribution in [1.29, 1.82) is 0 Å². The van der Waals surface area contributed by atoms with Gasteiger partial charge in [-0.3, -0.25) is 0 Å². The summed E-state index contributed by atoms with van der Waals surface area (Å²) < 4.78 is 9.19. The maximum atomic E-state index is 11.7. The predicted molar refractivity (Wildman–Crippen MR) is 103 cm³/mol. The van der Waals surface area contributed by atoms with Crippen LogP contribution < -0.4 is 0 Å². The lowest BCUT2D eigenvalue weighted by Gasteiger charge is -2.26. The van der Waals surface area contributed by atoms with Gasteiger partial charge in [0.2, 0.25) is 0 Å². The van der Waals surface area contributed by atoms with Crippen LogP contribution in [0.2, 0.25) is 0 Å². The van der Waals surface area contributed by atoms with E-state index in [1.165, 1.54) is 6.92 Å². The maximum Gasteiger partial charge on any atom is 0.338 e. The Morgan fingerprint density at radius 3 is 1.33 bits per heavy atom. The number of hydrogen-bond donors (Lipinski definition) is 12. The summed E-state index contributed by atoms with van der Waals surface area (Å²) >= 11 is 0. The van der Waals surface area contributed by atoms with Gasteiger partial charge >= 0.3 is 11.9 Å². The molecular formula is C17H34O16. The van der Waals surface area contributed by atoms with Gasteiger partial charge in [-0.05, 0) is 6.92 Å². The van der Waals surface area contributed by atoms with Crippen LogP contribution in [-0.2, 0) is 19.1 Å². The molecule has 16 nitrogen and oxygen atoms in total. The Morgan fingerprint density at radius 1 is 0.636 bits per heavy atom. The minimum atomic E-state index is -2.31. The van der Waals surface area contributed by atoms with E-state index in [-0.39, 0.29) is 13.2 Å². The molecule has 9 atom stereocenters. The highest BCUT2D eigenvalue weighted by Gasteiger charge is 2.37. The highest BCUT2D eigenvalue weighted by molar-refractivity contribution is 5.76. The Hall–Kier alpha value is -1.54. The first-order chi connectivity index (χ1) is 15.3. The molecule has 16 heteroatoms. The van der Waals surface area contributed by atoms with E-state index >= 15 is 0 Å². The van der Waals surface area contributed by atoms with Crippen LogP contribution in [0.15, 0.2) is 0 Å². The van der Waals surface area contributed by atoms with Crippen LogP contribution in [0.4, 0.5) is 0 Å². The SMILES string of the molecule is CC(COC(=O)[C@H](O)[C@@H](O)[C@H](O)[C@H](O)CO)OC(=O)[C@H](O)[C@@H](O)[C@H](O)[C@H](O)CO.OCCO. The van der Waals surface area contributed by atoms with E-state index in [1.807, 2.05) is 0 Å². The van der Waals surface area contributed by atoms with Gasteiger partial charge in [0, 0.05) is 0 Å². The monoisotopic (exact) mass is 494 g/mol. The minimum absolute atomic E-state index is 0.125. The van der Waals surface area contributed by atoms with E-state index in [2.05, 4.69) is 9.47 Å². The van der Waals surface area contributed by atoms with Gasteiger partial charge in [0.15, 0.2) is 12.2 Å². The molecule has 0 amide bonds. The lowest BCUT2D eigenvalue weighted by molar-refractivity contribution is -0.183. The molecule has 12 N–H and O–H groups in total. The molecule has 0 bridgehead atoms. The maximum absolute atomic E-state index is 11.7. The Morgan fingerprint density at radius 2 is 1.00 bits per heavy atom. The van der Waals surface area contributed by atoms with Crippen molar-refractivity contribution < 1.29 is 80.3 Å². The van der Waals surface area contributed by atoms with Gasteiger partial charge < -0.3 is 70.8 Å². The second-order valence-electron chi connectivity index (χ2n) is 6.68. The summed E-state index contributed by atoms with van der Waals surface area (Å²) in [6.45, 7) is -1.68. The zero-order valence-corrected chi connectivity index (χ0v) is 17.7. The lowest BCUT2D eigenvalue weighted by Crippen LogP contribution is -2.50. The first kappa shape index (κ1) is 33.6. The van der Waals surface area contributed by atoms with E-state index in [1.54, 1.807) is 0 Å². The van der Waals surface area contributed by atoms with Crippen molar-refractivity contribution in [3.63, 3.8) is 0 Å². The molecule has 0 fully saturated rings. The van der Waals surface area contributed by atoms with E-state index < -0.39 is 86.7 Å². The largest absolute Gasteiger partial charge is 0.460 e. The molecule has 0 rings (SSSR count). The quantitative estimate of drug-likeness (QED) is 0.0998. The second-order valence-corrected chi connectivity index (χ2v) is 6.68. The van der Waals surface area contributed by atoms with Crippen molar-refractivity contribution in [2.24, 2.45) is 0 Å². The highest BCUT2D eigenvalue weighted by Crippen LogP contribution is 2.10. The van der Waals surface area contributed by atoms with Crippen molar-refractivity contribution in [3.8, 4) is 0 Å². The number of ether oxygens (including phenoxy) is 2. The molecule has 0 aliphatic carbocycles. The molecule has 0 aromatic rings. The summed E-state index contributed by atoms with van der Waals surface area (Å²) in [4.78, 5) is 23.3. The minimum Gasteiger partial charge on any atom is -0.460 e. The third kappa shape index (κ3) is 12.5. The van der Waals surface area contributed by atoms with Crippen LogP contribution in [0.25, 0.3) is 0 Å². The van der Waals surface area contributed by atoms with Crippen molar-refractivity contribution in [1.82, 2.24) is 0 Å². The van der Waals surface area contributed by atoms with Gasteiger partial charge in [-0.25, -0.2) is 9.59 Å². The molecule has 0 aliphatic rings. The summed E-state index contributed by atoms with van der Waals surface area (Å²) in [6, 6.07) is 0. The predicted octanol–water partition coefficient (Wildman–Crippen LogP) is -7.70. The molecule has 0 aliphatic heterocycles. The number of hydrogen-bond acceptors (Lipinski definition) is 16. The van der Waals surface area contributed by atoms with Crippen LogP contribution in [0.5, 0.6) is 0 Å². The van der Waals surface area contributed by atoms with Crippen molar-refractivity contribution in [2.45, 2.75) is 61.9 Å². The van der Waals surface area contributed by atoms with E-state index in [0.29, 0.717) is 0 Å². The van der Waals surface area contributed by atoms with Gasteiger partial charge in [0.1, 0.15) is 49.3 Å². The third-order valence-corrected chi connectivity index (χ3v) is 3.87. The summed E-state index contributed by atoms with van der Waals surface area (Å²) in [6.07, 6.45) is -18.1. The zero-order chi connectivity index (χ0) is 26.3. The number of carbonyl (C=O) groups is 2. The van der Waals surface area contributed by atoms with Gasteiger partial charge in [-0.2, -0.15) is 0 Å². The normalized spacial score (nSPS) is 19.4. The molecule has 0 aromatic heterocycles. The molecule has 0 radical (unpaired) electrons. The molecule has 0 aromatic carbocycles. The van der Waals surface area contributed by atoms with Crippen molar-refractivity contribution in [3.05, 3.63) is 0 Å². The van der Waals surface area contributed by atoms with Gasteiger partial charge in [-0.15, -0.1) is 0 Å². The van der Waals surface area contributed by atoms with E-state index in [9.17, 15) is 40.2 Å². The highest BCUT2D eigenvalue weighted by atomic mass is 16.6. The molecule has 0 heterocycles. The third-order valence-electron chi connectivity index (χ3n) is 3.87. The number of esters is 2. The lowest BCUT2D eigenvalue weighted by atomic mass is 10.0. The first-order valence-corrected chi connectivity index (χ1v) is 9.55. The number of carbonyl (C=O) groups excluding carboxylic acids is 2. The number of aliphatic hydroxyl groups is 12. The van der Waals surface area contributed by atoms with E-state index in [0.717, 1.165) is 0 Å². The van der Waals surface area contributed by atoms with Crippen LogP contribution in [0, 0.1) is 0 Å². The van der Waals surface area contributed by atoms with Crippen LogP contribution >= 0.6 is 0 Å². The smallest absolute Gasteiger partial charge is 0.338 e. The molecule has 0 spiro atoms.